The Balaban J connectivity index is 1.35. The van der Waals surface area contributed by atoms with Gasteiger partial charge in [0, 0.05) is 18.3 Å². The lowest BCUT2D eigenvalue weighted by Gasteiger charge is -2.27. The van der Waals surface area contributed by atoms with E-state index in [1.165, 1.54) is 36.1 Å². The van der Waals surface area contributed by atoms with Gasteiger partial charge in [-0.3, -0.25) is 0 Å². The van der Waals surface area contributed by atoms with Crippen LogP contribution in [-0.4, -0.2) is 19.1 Å². The van der Waals surface area contributed by atoms with Crippen molar-refractivity contribution in [1.29, 1.82) is 0 Å². The Kier molecular flexibility index (Phi) is 4.90. The third-order valence-electron chi connectivity index (χ3n) is 4.19. The van der Waals surface area contributed by atoms with Crippen LogP contribution >= 0.6 is 0 Å². The first-order valence-electron chi connectivity index (χ1n) is 8.01. The largest absolute Gasteiger partial charge is 0.381 e. The number of aryl methyl sites for hydroxylation is 2. The number of hydrogen-bond acceptors (Lipinski definition) is 2. The van der Waals surface area contributed by atoms with E-state index in [1.54, 1.807) is 0 Å². The molecule has 0 aromatic heterocycles. The zero-order valence-electron chi connectivity index (χ0n) is 12.5. The van der Waals surface area contributed by atoms with E-state index in [-0.39, 0.29) is 0 Å². The summed E-state index contributed by atoms with van der Waals surface area (Å²) < 4.78 is 0. The fourth-order valence-electron chi connectivity index (χ4n) is 2.99. The molecule has 21 heavy (non-hydrogen) atoms. The molecule has 0 aliphatic carbocycles. The number of nitrogens with one attached hydrogen (secondary N) is 2. The lowest BCUT2D eigenvalue weighted by atomic mass is 9.98. The van der Waals surface area contributed by atoms with E-state index in [9.17, 15) is 0 Å². The van der Waals surface area contributed by atoms with E-state index in [1.807, 2.05) is 0 Å². The van der Waals surface area contributed by atoms with Gasteiger partial charge in [0.05, 0.1) is 0 Å². The maximum atomic E-state index is 3.64. The van der Waals surface area contributed by atoms with Crippen LogP contribution in [0.25, 0.3) is 0 Å². The van der Waals surface area contributed by atoms with Crippen LogP contribution < -0.4 is 10.6 Å². The van der Waals surface area contributed by atoms with Gasteiger partial charge in [-0.05, 0) is 49.4 Å². The highest BCUT2D eigenvalue weighted by Crippen LogP contribution is 2.23. The van der Waals surface area contributed by atoms with E-state index in [0.717, 1.165) is 19.5 Å². The number of rotatable bonds is 6. The molecule has 0 radical (unpaired) electrons. The Morgan fingerprint density at radius 1 is 1.00 bits per heavy atom. The molecule has 2 aromatic rings. The quantitative estimate of drug-likeness (QED) is 0.790. The molecule has 1 aliphatic rings. The summed E-state index contributed by atoms with van der Waals surface area (Å²) in [5, 5.41) is 7.24. The van der Waals surface area contributed by atoms with Gasteiger partial charge in [0.1, 0.15) is 0 Å². The molecule has 1 aliphatic heterocycles. The molecule has 0 bridgehead atoms. The molecule has 110 valence electrons. The van der Waals surface area contributed by atoms with E-state index >= 15 is 0 Å². The lowest BCUT2D eigenvalue weighted by Crippen LogP contribution is -2.36. The molecule has 0 unspecified atom stereocenters. The van der Waals surface area contributed by atoms with Gasteiger partial charge in [-0.15, -0.1) is 0 Å². The monoisotopic (exact) mass is 280 g/mol. The van der Waals surface area contributed by atoms with Crippen LogP contribution in [0.4, 0.5) is 5.69 Å². The van der Waals surface area contributed by atoms with Crippen LogP contribution in [0.3, 0.4) is 0 Å². The van der Waals surface area contributed by atoms with Gasteiger partial charge < -0.3 is 10.6 Å². The van der Waals surface area contributed by atoms with Crippen LogP contribution in [-0.2, 0) is 12.8 Å². The minimum Gasteiger partial charge on any atom is -0.381 e. The molecule has 0 amide bonds. The SMILES string of the molecule is c1ccc(CCCNC[C@@H]2CCc3ccccc3N2)cc1. The van der Waals surface area contributed by atoms with Crippen molar-refractivity contribution in [3.63, 3.8) is 0 Å². The molecule has 1 heterocycles. The average molecular weight is 280 g/mol. The van der Waals surface area contributed by atoms with Crippen molar-refractivity contribution in [3.05, 3.63) is 65.7 Å². The molecular weight excluding hydrogens is 256 g/mol. The van der Waals surface area contributed by atoms with Crippen LogP contribution in [0.1, 0.15) is 24.0 Å². The second kappa shape index (κ2) is 7.28. The molecule has 0 spiro atoms. The molecule has 3 rings (SSSR count). The number of para-hydroxylation sites is 1. The number of anilines is 1. The zero-order valence-corrected chi connectivity index (χ0v) is 12.5. The summed E-state index contributed by atoms with van der Waals surface area (Å²) >= 11 is 0. The molecule has 0 fully saturated rings. The third-order valence-corrected chi connectivity index (χ3v) is 4.19. The highest BCUT2D eigenvalue weighted by Gasteiger charge is 2.16. The van der Waals surface area contributed by atoms with Crippen LogP contribution in [0.5, 0.6) is 0 Å². The summed E-state index contributed by atoms with van der Waals surface area (Å²) in [6.45, 7) is 2.15. The van der Waals surface area contributed by atoms with Crippen molar-refractivity contribution in [2.75, 3.05) is 18.4 Å². The summed E-state index contributed by atoms with van der Waals surface area (Å²) in [6.07, 6.45) is 4.78. The fourth-order valence-corrected chi connectivity index (χ4v) is 2.99. The Hall–Kier alpha value is -1.80. The number of benzene rings is 2. The molecular formula is C19H24N2. The third kappa shape index (κ3) is 4.08. The van der Waals surface area contributed by atoms with E-state index in [0.29, 0.717) is 6.04 Å². The van der Waals surface area contributed by atoms with Crippen molar-refractivity contribution in [2.24, 2.45) is 0 Å². The molecule has 2 nitrogen and oxygen atoms in total. The standard InChI is InChI=1S/C19H24N2/c1-2-7-16(8-3-1)9-6-14-20-15-18-13-12-17-10-4-5-11-19(17)21-18/h1-5,7-8,10-11,18,20-21H,6,9,12-15H2/t18-/m0/s1. The van der Waals surface area contributed by atoms with Crippen LogP contribution in [0.2, 0.25) is 0 Å². The minimum absolute atomic E-state index is 0.566. The predicted octanol–water partition coefficient (Wildman–Crippen LogP) is 3.64. The fraction of sp³-hybridized carbons (Fsp3) is 0.368. The van der Waals surface area contributed by atoms with Crippen LogP contribution in [0, 0.1) is 0 Å². The molecule has 0 saturated carbocycles. The maximum Gasteiger partial charge on any atom is 0.0389 e. The highest BCUT2D eigenvalue weighted by molar-refractivity contribution is 5.53. The molecule has 1 atom stereocenters. The summed E-state index contributed by atoms with van der Waals surface area (Å²) in [5.74, 6) is 0. The summed E-state index contributed by atoms with van der Waals surface area (Å²) in [4.78, 5) is 0. The van der Waals surface area contributed by atoms with Crippen molar-refractivity contribution in [1.82, 2.24) is 5.32 Å². The van der Waals surface area contributed by atoms with Gasteiger partial charge in [-0.2, -0.15) is 0 Å². The summed E-state index contributed by atoms with van der Waals surface area (Å²) in [5.41, 5.74) is 4.21. The Bertz CT molecular complexity index is 551. The highest BCUT2D eigenvalue weighted by atomic mass is 15.0. The average Bonchev–Trinajstić information content (AvgIpc) is 2.55. The smallest absolute Gasteiger partial charge is 0.0389 e. The second-order valence-electron chi connectivity index (χ2n) is 5.83. The number of fused-ring (bicyclic) bond motifs is 1. The molecule has 2 aromatic carbocycles. The lowest BCUT2D eigenvalue weighted by molar-refractivity contribution is 0.551. The van der Waals surface area contributed by atoms with E-state index in [4.69, 9.17) is 0 Å². The Labute approximate surface area is 127 Å². The van der Waals surface area contributed by atoms with Gasteiger partial charge in [0.15, 0.2) is 0 Å². The predicted molar refractivity (Wildman–Crippen MR) is 89.8 cm³/mol. The van der Waals surface area contributed by atoms with Gasteiger partial charge in [-0.1, -0.05) is 48.5 Å². The summed E-state index contributed by atoms with van der Waals surface area (Å²) in [7, 11) is 0. The topological polar surface area (TPSA) is 24.1 Å². The first kappa shape index (κ1) is 14.2. The first-order valence-corrected chi connectivity index (χ1v) is 8.01. The number of hydrogen-bond donors (Lipinski definition) is 2. The van der Waals surface area contributed by atoms with Crippen molar-refractivity contribution in [2.45, 2.75) is 31.7 Å². The minimum atomic E-state index is 0.566. The zero-order chi connectivity index (χ0) is 14.3. The first-order chi connectivity index (χ1) is 10.4. The Morgan fingerprint density at radius 2 is 1.81 bits per heavy atom. The second-order valence-corrected chi connectivity index (χ2v) is 5.83. The molecule has 0 saturated heterocycles. The molecule has 2 N–H and O–H groups in total. The van der Waals surface area contributed by atoms with Crippen molar-refractivity contribution >= 4 is 5.69 Å². The van der Waals surface area contributed by atoms with Gasteiger partial charge in [0.2, 0.25) is 0 Å². The van der Waals surface area contributed by atoms with Gasteiger partial charge in [-0.25, -0.2) is 0 Å². The van der Waals surface area contributed by atoms with Crippen molar-refractivity contribution in [3.8, 4) is 0 Å². The van der Waals surface area contributed by atoms with E-state index < -0.39 is 0 Å². The normalized spacial score (nSPS) is 17.0. The van der Waals surface area contributed by atoms with E-state index in [2.05, 4.69) is 65.2 Å². The maximum absolute atomic E-state index is 3.64. The summed E-state index contributed by atoms with van der Waals surface area (Å²) in [6, 6.07) is 20.0. The van der Waals surface area contributed by atoms with Gasteiger partial charge in [0.25, 0.3) is 0 Å². The van der Waals surface area contributed by atoms with Crippen LogP contribution in [0.15, 0.2) is 54.6 Å². The van der Waals surface area contributed by atoms with Crippen molar-refractivity contribution < 1.29 is 0 Å². The Morgan fingerprint density at radius 3 is 2.71 bits per heavy atom. The molecule has 2 heteroatoms. The van der Waals surface area contributed by atoms with Gasteiger partial charge >= 0.3 is 0 Å².